The van der Waals surface area contributed by atoms with E-state index in [-0.39, 0.29) is 5.57 Å². The maximum absolute atomic E-state index is 12.7. The number of nitriles is 1. The van der Waals surface area contributed by atoms with E-state index in [4.69, 9.17) is 23.2 Å². The molecular weight excluding hydrogens is 415 g/mol. The van der Waals surface area contributed by atoms with Gasteiger partial charge in [-0.3, -0.25) is 4.79 Å². The van der Waals surface area contributed by atoms with Gasteiger partial charge in [-0.05, 0) is 71.5 Å². The number of nitrogens with one attached hydrogen (secondary N) is 1. The van der Waals surface area contributed by atoms with Crippen LogP contribution < -0.4 is 5.32 Å². The predicted octanol–water partition coefficient (Wildman–Crippen LogP) is 6.69. The van der Waals surface area contributed by atoms with Crippen molar-refractivity contribution < 1.29 is 4.79 Å². The van der Waals surface area contributed by atoms with Crippen LogP contribution in [0.15, 0.2) is 72.3 Å². The second-order valence-electron chi connectivity index (χ2n) is 6.79. The standard InChI is InChI=1S/C25H20Cl2N2O/c1-2-17-7-11-23(12-8-17)29-25(30)21(16-28)14-20-15-22(26)10-9-18(20)13-19-5-3-4-6-24(19)27/h3-12,14-15H,2,13H2,1H3,(H,29,30)/b21-14+. The van der Waals surface area contributed by atoms with Gasteiger partial charge in [-0.1, -0.05) is 66.5 Å². The van der Waals surface area contributed by atoms with E-state index in [2.05, 4.69) is 12.2 Å². The molecule has 0 aliphatic carbocycles. The highest BCUT2D eigenvalue weighted by Crippen LogP contribution is 2.25. The van der Waals surface area contributed by atoms with Crippen LogP contribution in [0.2, 0.25) is 10.0 Å². The van der Waals surface area contributed by atoms with Crippen LogP contribution in [0.1, 0.15) is 29.2 Å². The third kappa shape index (κ3) is 5.51. The lowest BCUT2D eigenvalue weighted by molar-refractivity contribution is -0.112. The summed E-state index contributed by atoms with van der Waals surface area (Å²) in [4.78, 5) is 12.7. The van der Waals surface area contributed by atoms with Crippen molar-refractivity contribution in [1.29, 1.82) is 5.26 Å². The lowest BCUT2D eigenvalue weighted by Crippen LogP contribution is -2.13. The highest BCUT2D eigenvalue weighted by atomic mass is 35.5. The molecule has 3 rings (SSSR count). The van der Waals surface area contributed by atoms with Crippen molar-refractivity contribution in [2.75, 3.05) is 5.32 Å². The Morgan fingerprint density at radius 3 is 2.43 bits per heavy atom. The Kier molecular flexibility index (Phi) is 7.30. The number of aryl methyl sites for hydroxylation is 1. The molecule has 3 aromatic carbocycles. The third-order valence-electron chi connectivity index (χ3n) is 4.73. The fraction of sp³-hybridized carbons (Fsp3) is 0.120. The topological polar surface area (TPSA) is 52.9 Å². The van der Waals surface area contributed by atoms with E-state index in [9.17, 15) is 10.1 Å². The Balaban J connectivity index is 1.89. The molecule has 5 heteroatoms. The van der Waals surface area contributed by atoms with E-state index < -0.39 is 5.91 Å². The normalized spacial score (nSPS) is 11.1. The number of halogens is 2. The lowest BCUT2D eigenvalue weighted by atomic mass is 9.98. The molecule has 3 nitrogen and oxygen atoms in total. The van der Waals surface area contributed by atoms with E-state index in [1.54, 1.807) is 18.2 Å². The van der Waals surface area contributed by atoms with Crippen molar-refractivity contribution in [3.8, 4) is 6.07 Å². The zero-order valence-corrected chi connectivity index (χ0v) is 18.0. The molecule has 0 heterocycles. The Bertz CT molecular complexity index is 1130. The summed E-state index contributed by atoms with van der Waals surface area (Å²) in [5.41, 5.74) is 4.39. The van der Waals surface area contributed by atoms with Crippen molar-refractivity contribution in [2.45, 2.75) is 19.8 Å². The van der Waals surface area contributed by atoms with Crippen molar-refractivity contribution in [1.82, 2.24) is 0 Å². The van der Waals surface area contributed by atoms with E-state index in [0.29, 0.717) is 27.7 Å². The van der Waals surface area contributed by atoms with Crippen molar-refractivity contribution in [2.24, 2.45) is 0 Å². The quantitative estimate of drug-likeness (QED) is 0.346. The fourth-order valence-electron chi connectivity index (χ4n) is 3.03. The number of nitrogens with zero attached hydrogens (tertiary/aromatic N) is 1. The molecule has 0 unspecified atom stereocenters. The van der Waals surface area contributed by atoms with E-state index in [1.807, 2.05) is 60.7 Å². The molecule has 0 atom stereocenters. The number of rotatable bonds is 6. The van der Waals surface area contributed by atoms with Crippen LogP contribution in [0.4, 0.5) is 5.69 Å². The Morgan fingerprint density at radius 2 is 1.77 bits per heavy atom. The molecule has 150 valence electrons. The number of amides is 1. The van der Waals surface area contributed by atoms with E-state index in [0.717, 1.165) is 17.5 Å². The second kappa shape index (κ2) is 10.1. The van der Waals surface area contributed by atoms with E-state index in [1.165, 1.54) is 5.56 Å². The molecule has 1 amide bonds. The van der Waals surface area contributed by atoms with Crippen LogP contribution in [0, 0.1) is 11.3 Å². The van der Waals surface area contributed by atoms with Gasteiger partial charge >= 0.3 is 0 Å². The molecule has 0 fully saturated rings. The zero-order chi connectivity index (χ0) is 21.5. The maximum atomic E-state index is 12.7. The number of carbonyl (C=O) groups excluding carboxylic acids is 1. The first-order chi connectivity index (χ1) is 14.5. The molecule has 0 radical (unpaired) electrons. The molecule has 0 saturated carbocycles. The van der Waals surface area contributed by atoms with Crippen LogP contribution in [-0.4, -0.2) is 5.91 Å². The van der Waals surface area contributed by atoms with Crippen LogP contribution in [0.5, 0.6) is 0 Å². The van der Waals surface area contributed by atoms with Crippen LogP contribution in [0.25, 0.3) is 6.08 Å². The maximum Gasteiger partial charge on any atom is 0.266 e. The summed E-state index contributed by atoms with van der Waals surface area (Å²) in [5, 5.41) is 13.5. The summed E-state index contributed by atoms with van der Waals surface area (Å²) in [5.74, 6) is -0.467. The van der Waals surface area contributed by atoms with Crippen molar-refractivity contribution in [3.63, 3.8) is 0 Å². The summed E-state index contributed by atoms with van der Waals surface area (Å²) in [6.45, 7) is 2.06. The van der Waals surface area contributed by atoms with Gasteiger partial charge < -0.3 is 5.32 Å². The molecule has 0 saturated heterocycles. The Labute approximate surface area is 186 Å². The molecular formula is C25H20Cl2N2O. The number of hydrogen-bond donors (Lipinski definition) is 1. The van der Waals surface area contributed by atoms with Gasteiger partial charge in [0.25, 0.3) is 5.91 Å². The number of carbonyl (C=O) groups is 1. The Morgan fingerprint density at radius 1 is 1.03 bits per heavy atom. The molecule has 0 aliphatic rings. The molecule has 0 bridgehead atoms. The monoisotopic (exact) mass is 434 g/mol. The van der Waals surface area contributed by atoms with Gasteiger partial charge in [0.2, 0.25) is 0 Å². The van der Waals surface area contributed by atoms with Crippen molar-refractivity contribution >= 4 is 40.9 Å². The summed E-state index contributed by atoms with van der Waals surface area (Å²) in [6, 6.07) is 22.5. The fourth-order valence-corrected chi connectivity index (χ4v) is 3.42. The summed E-state index contributed by atoms with van der Waals surface area (Å²) in [7, 11) is 0. The molecule has 30 heavy (non-hydrogen) atoms. The van der Waals surface area contributed by atoms with Crippen molar-refractivity contribution in [3.05, 3.63) is 105 Å². The average Bonchev–Trinajstić information content (AvgIpc) is 2.75. The van der Waals surface area contributed by atoms with Crippen LogP contribution >= 0.6 is 23.2 Å². The molecule has 0 aromatic heterocycles. The first-order valence-electron chi connectivity index (χ1n) is 9.54. The third-order valence-corrected chi connectivity index (χ3v) is 5.34. The zero-order valence-electron chi connectivity index (χ0n) is 16.5. The van der Waals surface area contributed by atoms with Gasteiger partial charge in [0.1, 0.15) is 11.6 Å². The minimum absolute atomic E-state index is 0.00255. The predicted molar refractivity (Wildman–Crippen MR) is 124 cm³/mol. The molecule has 0 spiro atoms. The number of hydrogen-bond acceptors (Lipinski definition) is 2. The average molecular weight is 435 g/mol. The second-order valence-corrected chi connectivity index (χ2v) is 7.63. The molecule has 1 N–H and O–H groups in total. The minimum atomic E-state index is -0.467. The van der Waals surface area contributed by atoms with Gasteiger partial charge in [0.15, 0.2) is 0 Å². The van der Waals surface area contributed by atoms with Crippen LogP contribution in [0.3, 0.4) is 0 Å². The highest BCUT2D eigenvalue weighted by Gasteiger charge is 2.12. The number of anilines is 1. The van der Waals surface area contributed by atoms with Gasteiger partial charge in [-0.25, -0.2) is 0 Å². The molecule has 0 aliphatic heterocycles. The van der Waals surface area contributed by atoms with Crippen LogP contribution in [-0.2, 0) is 17.6 Å². The SMILES string of the molecule is CCc1ccc(NC(=O)/C(C#N)=C/c2cc(Cl)ccc2Cc2ccccc2Cl)cc1. The smallest absolute Gasteiger partial charge is 0.266 e. The minimum Gasteiger partial charge on any atom is -0.321 e. The highest BCUT2D eigenvalue weighted by molar-refractivity contribution is 6.31. The lowest BCUT2D eigenvalue weighted by Gasteiger charge is -2.10. The first-order valence-corrected chi connectivity index (χ1v) is 10.3. The number of benzene rings is 3. The van der Waals surface area contributed by atoms with Gasteiger partial charge in [0, 0.05) is 15.7 Å². The largest absolute Gasteiger partial charge is 0.321 e. The van der Waals surface area contributed by atoms with Gasteiger partial charge in [0.05, 0.1) is 0 Å². The van der Waals surface area contributed by atoms with Gasteiger partial charge in [-0.2, -0.15) is 5.26 Å². The van der Waals surface area contributed by atoms with E-state index >= 15 is 0 Å². The van der Waals surface area contributed by atoms with Gasteiger partial charge in [-0.15, -0.1) is 0 Å². The summed E-state index contributed by atoms with van der Waals surface area (Å²) < 4.78 is 0. The Hall–Kier alpha value is -3.06. The first kappa shape index (κ1) is 21.6. The summed E-state index contributed by atoms with van der Waals surface area (Å²) >= 11 is 12.5. The molecule has 3 aromatic rings. The summed E-state index contributed by atoms with van der Waals surface area (Å²) in [6.07, 6.45) is 3.04.